The molecule has 0 fully saturated rings. The van der Waals surface area contributed by atoms with Crippen molar-refractivity contribution in [1.82, 2.24) is 15.4 Å². The van der Waals surface area contributed by atoms with E-state index in [1.165, 1.54) is 11.1 Å². The Hall–Kier alpha value is -0.870. The van der Waals surface area contributed by atoms with Gasteiger partial charge in [-0.2, -0.15) is 0 Å². The smallest absolute Gasteiger partial charge is 0.211 e. The van der Waals surface area contributed by atoms with E-state index in [2.05, 4.69) is 51.5 Å². The van der Waals surface area contributed by atoms with Crippen molar-refractivity contribution in [2.45, 2.75) is 26.8 Å². The molecule has 8 heteroatoms. The molecular weight excluding hydrogens is 427 g/mol. The van der Waals surface area contributed by atoms with Gasteiger partial charge in [0.15, 0.2) is 5.96 Å². The summed E-state index contributed by atoms with van der Waals surface area (Å²) in [5.74, 6) is 0.819. The van der Waals surface area contributed by atoms with Crippen LogP contribution in [0.5, 0.6) is 0 Å². The van der Waals surface area contributed by atoms with Crippen LogP contribution in [-0.4, -0.2) is 40.3 Å². The SMILES string of the molecule is CCS(=O)(=O)NCCCNC(=NC)NCc1ccc(C)cc1.I. The minimum atomic E-state index is -3.10. The zero-order chi connectivity index (χ0) is 16.4. The molecule has 1 aromatic rings. The lowest BCUT2D eigenvalue weighted by molar-refractivity contribution is 0.579. The van der Waals surface area contributed by atoms with Crippen LogP contribution in [0, 0.1) is 6.92 Å². The van der Waals surface area contributed by atoms with E-state index < -0.39 is 10.0 Å². The number of guanidine groups is 1. The van der Waals surface area contributed by atoms with Crippen LogP contribution < -0.4 is 15.4 Å². The van der Waals surface area contributed by atoms with Gasteiger partial charge in [0.1, 0.15) is 0 Å². The molecule has 0 atom stereocenters. The van der Waals surface area contributed by atoms with Crippen molar-refractivity contribution in [1.29, 1.82) is 0 Å². The Balaban J connectivity index is 0.00000484. The van der Waals surface area contributed by atoms with Gasteiger partial charge in [-0.15, -0.1) is 24.0 Å². The van der Waals surface area contributed by atoms with Gasteiger partial charge in [-0.3, -0.25) is 4.99 Å². The molecule has 0 aliphatic carbocycles. The summed E-state index contributed by atoms with van der Waals surface area (Å²) in [7, 11) is -1.39. The largest absolute Gasteiger partial charge is 0.356 e. The second-order valence-corrected chi connectivity index (χ2v) is 7.08. The van der Waals surface area contributed by atoms with Gasteiger partial charge in [-0.1, -0.05) is 29.8 Å². The Labute approximate surface area is 156 Å². The summed E-state index contributed by atoms with van der Waals surface area (Å²) in [5, 5.41) is 6.38. The molecule has 0 radical (unpaired) electrons. The maximum Gasteiger partial charge on any atom is 0.211 e. The van der Waals surface area contributed by atoms with E-state index in [1.807, 2.05) is 0 Å². The Morgan fingerprint density at radius 2 is 1.78 bits per heavy atom. The molecule has 3 N–H and O–H groups in total. The van der Waals surface area contributed by atoms with E-state index >= 15 is 0 Å². The van der Waals surface area contributed by atoms with E-state index in [0.717, 1.165) is 0 Å². The molecule has 0 heterocycles. The van der Waals surface area contributed by atoms with Gasteiger partial charge in [0.25, 0.3) is 0 Å². The van der Waals surface area contributed by atoms with Crippen molar-refractivity contribution in [2.24, 2.45) is 4.99 Å². The van der Waals surface area contributed by atoms with Crippen molar-refractivity contribution in [3.8, 4) is 0 Å². The number of hydrogen-bond acceptors (Lipinski definition) is 3. The summed E-state index contributed by atoms with van der Waals surface area (Å²) in [6.07, 6.45) is 0.699. The van der Waals surface area contributed by atoms with Crippen molar-refractivity contribution in [2.75, 3.05) is 25.9 Å². The lowest BCUT2D eigenvalue weighted by atomic mass is 10.1. The molecule has 0 aliphatic rings. The molecule has 0 saturated carbocycles. The average molecular weight is 454 g/mol. The van der Waals surface area contributed by atoms with Crippen molar-refractivity contribution < 1.29 is 8.42 Å². The molecule has 23 heavy (non-hydrogen) atoms. The van der Waals surface area contributed by atoms with Gasteiger partial charge in [-0.25, -0.2) is 13.1 Å². The molecule has 0 aliphatic heterocycles. The van der Waals surface area contributed by atoms with Gasteiger partial charge in [0.2, 0.25) is 10.0 Å². The predicted octanol–water partition coefficient (Wildman–Crippen LogP) is 1.61. The van der Waals surface area contributed by atoms with E-state index in [1.54, 1.807) is 14.0 Å². The molecule has 1 aromatic carbocycles. The van der Waals surface area contributed by atoms with Crippen LogP contribution in [0.25, 0.3) is 0 Å². The Bertz CT molecular complexity index is 574. The fourth-order valence-electron chi connectivity index (χ4n) is 1.74. The normalized spacial score (nSPS) is 11.7. The topological polar surface area (TPSA) is 82.6 Å². The maximum atomic E-state index is 11.3. The van der Waals surface area contributed by atoms with Crippen LogP contribution in [0.1, 0.15) is 24.5 Å². The third-order valence-corrected chi connectivity index (χ3v) is 4.56. The monoisotopic (exact) mass is 454 g/mol. The molecular formula is C15H27IN4O2S. The number of sulfonamides is 1. The van der Waals surface area contributed by atoms with Gasteiger partial charge in [-0.05, 0) is 25.8 Å². The number of benzene rings is 1. The summed E-state index contributed by atoms with van der Waals surface area (Å²) in [4.78, 5) is 4.14. The quantitative estimate of drug-likeness (QED) is 0.241. The number of aryl methyl sites for hydroxylation is 1. The first-order valence-corrected chi connectivity index (χ1v) is 9.09. The molecule has 0 saturated heterocycles. The van der Waals surface area contributed by atoms with E-state index in [9.17, 15) is 8.42 Å². The second kappa shape index (κ2) is 11.6. The second-order valence-electron chi connectivity index (χ2n) is 4.99. The Morgan fingerprint density at radius 3 is 2.35 bits per heavy atom. The van der Waals surface area contributed by atoms with Crippen LogP contribution in [0.2, 0.25) is 0 Å². The lowest BCUT2D eigenvalue weighted by Crippen LogP contribution is -2.38. The summed E-state index contributed by atoms with van der Waals surface area (Å²) in [5.41, 5.74) is 2.42. The minimum Gasteiger partial charge on any atom is -0.356 e. The lowest BCUT2D eigenvalue weighted by Gasteiger charge is -2.12. The highest BCUT2D eigenvalue weighted by Gasteiger charge is 2.04. The number of aliphatic imine (C=N–C) groups is 1. The molecule has 0 aromatic heterocycles. The first-order chi connectivity index (χ1) is 10.5. The van der Waals surface area contributed by atoms with Gasteiger partial charge in [0.05, 0.1) is 5.75 Å². The summed E-state index contributed by atoms with van der Waals surface area (Å²) < 4.78 is 25.1. The van der Waals surface area contributed by atoms with Crippen LogP contribution in [0.4, 0.5) is 0 Å². The van der Waals surface area contributed by atoms with Crippen molar-refractivity contribution >= 4 is 40.0 Å². The molecule has 132 valence electrons. The molecule has 0 bridgehead atoms. The third kappa shape index (κ3) is 9.77. The number of halogens is 1. The standard InChI is InChI=1S/C15H26N4O2S.HI/c1-4-22(20,21)19-11-5-10-17-15(16-3)18-12-14-8-6-13(2)7-9-14;/h6-9,19H,4-5,10-12H2,1-3H3,(H2,16,17,18);1H. The van der Waals surface area contributed by atoms with E-state index in [4.69, 9.17) is 0 Å². The van der Waals surface area contributed by atoms with Crippen LogP contribution >= 0.6 is 24.0 Å². The third-order valence-electron chi connectivity index (χ3n) is 3.15. The molecule has 0 spiro atoms. The average Bonchev–Trinajstić information content (AvgIpc) is 2.51. The van der Waals surface area contributed by atoms with Crippen LogP contribution in [0.3, 0.4) is 0 Å². The van der Waals surface area contributed by atoms with Crippen LogP contribution in [0.15, 0.2) is 29.3 Å². The zero-order valence-corrected chi connectivity index (χ0v) is 17.1. The highest BCUT2D eigenvalue weighted by molar-refractivity contribution is 14.0. The van der Waals surface area contributed by atoms with Gasteiger partial charge in [0, 0.05) is 26.7 Å². The molecule has 0 unspecified atom stereocenters. The zero-order valence-electron chi connectivity index (χ0n) is 13.9. The Kier molecular flexibility index (Phi) is 11.2. The molecule has 1 rings (SSSR count). The fourth-order valence-corrected chi connectivity index (χ4v) is 2.40. The highest BCUT2D eigenvalue weighted by atomic mass is 127. The maximum absolute atomic E-state index is 11.3. The van der Waals surface area contributed by atoms with E-state index in [-0.39, 0.29) is 29.7 Å². The van der Waals surface area contributed by atoms with Gasteiger partial charge < -0.3 is 10.6 Å². The summed E-state index contributed by atoms with van der Waals surface area (Å²) >= 11 is 0. The first kappa shape index (κ1) is 22.1. The van der Waals surface area contributed by atoms with Crippen molar-refractivity contribution in [3.63, 3.8) is 0 Å². The highest BCUT2D eigenvalue weighted by Crippen LogP contribution is 2.02. The number of rotatable bonds is 8. The fraction of sp³-hybridized carbons (Fsp3) is 0.533. The van der Waals surface area contributed by atoms with Crippen molar-refractivity contribution in [3.05, 3.63) is 35.4 Å². The minimum absolute atomic E-state index is 0. The number of hydrogen-bond donors (Lipinski definition) is 3. The van der Waals surface area contributed by atoms with Crippen LogP contribution in [-0.2, 0) is 16.6 Å². The summed E-state index contributed by atoms with van der Waals surface area (Å²) in [6, 6.07) is 8.31. The summed E-state index contributed by atoms with van der Waals surface area (Å²) in [6.45, 7) is 5.46. The predicted molar refractivity (Wildman–Crippen MR) is 107 cm³/mol. The first-order valence-electron chi connectivity index (χ1n) is 7.44. The molecule has 6 nitrogen and oxygen atoms in total. The Morgan fingerprint density at radius 1 is 1.13 bits per heavy atom. The number of nitrogens with one attached hydrogen (secondary N) is 3. The van der Waals surface area contributed by atoms with Gasteiger partial charge >= 0.3 is 0 Å². The molecule has 0 amide bonds. The van der Waals surface area contributed by atoms with E-state index in [0.29, 0.717) is 32.0 Å². The number of nitrogens with zero attached hydrogens (tertiary/aromatic N) is 1.